The van der Waals surface area contributed by atoms with Crippen LogP contribution in [0.2, 0.25) is 0 Å². The maximum Gasteiger partial charge on any atom is 0.251 e. The number of fused-ring (bicyclic) bond motifs is 1. The molecule has 4 nitrogen and oxygen atoms in total. The molecule has 1 atom stereocenters. The van der Waals surface area contributed by atoms with Crippen molar-refractivity contribution >= 4 is 5.91 Å². The van der Waals surface area contributed by atoms with Crippen molar-refractivity contribution in [2.24, 2.45) is 0 Å². The van der Waals surface area contributed by atoms with Gasteiger partial charge in [-0.15, -0.1) is 0 Å². The third-order valence-corrected chi connectivity index (χ3v) is 3.89. The Morgan fingerprint density at radius 3 is 2.91 bits per heavy atom. The fourth-order valence-electron chi connectivity index (χ4n) is 2.67. The molecule has 0 bridgehead atoms. The van der Waals surface area contributed by atoms with Crippen molar-refractivity contribution < 1.29 is 14.3 Å². The van der Waals surface area contributed by atoms with Crippen molar-refractivity contribution in [1.29, 1.82) is 0 Å². The molecule has 1 aliphatic rings. The highest BCUT2D eigenvalue weighted by molar-refractivity contribution is 5.95. The molecule has 0 saturated carbocycles. The molecular weight excluding hydrogens is 278 g/mol. The zero-order valence-electron chi connectivity index (χ0n) is 12.8. The average Bonchev–Trinajstić information content (AvgIpc) is 2.94. The van der Waals surface area contributed by atoms with E-state index in [1.54, 1.807) is 7.11 Å². The van der Waals surface area contributed by atoms with Crippen LogP contribution in [0.4, 0.5) is 0 Å². The molecule has 114 valence electrons. The van der Waals surface area contributed by atoms with Crippen LogP contribution in [-0.2, 0) is 6.42 Å². The Balaban J connectivity index is 1.60. The van der Waals surface area contributed by atoms with E-state index in [0.717, 1.165) is 29.0 Å². The lowest BCUT2D eigenvalue weighted by molar-refractivity contribution is 0.0933. The monoisotopic (exact) mass is 297 g/mol. The molecule has 22 heavy (non-hydrogen) atoms. The van der Waals surface area contributed by atoms with Gasteiger partial charge in [0.15, 0.2) is 0 Å². The molecule has 1 N–H and O–H groups in total. The van der Waals surface area contributed by atoms with Gasteiger partial charge in [0.1, 0.15) is 17.6 Å². The highest BCUT2D eigenvalue weighted by Gasteiger charge is 2.24. The molecule has 1 aliphatic heterocycles. The number of nitrogens with one attached hydrogen (secondary N) is 1. The van der Waals surface area contributed by atoms with E-state index >= 15 is 0 Å². The van der Waals surface area contributed by atoms with E-state index in [9.17, 15) is 4.79 Å². The molecule has 1 amide bonds. The van der Waals surface area contributed by atoms with Gasteiger partial charge in [0.05, 0.1) is 13.7 Å². The normalized spacial score (nSPS) is 15.8. The largest absolute Gasteiger partial charge is 0.497 e. The first-order chi connectivity index (χ1) is 10.7. The van der Waals surface area contributed by atoms with Gasteiger partial charge in [-0.05, 0) is 36.8 Å². The van der Waals surface area contributed by atoms with Crippen LogP contribution in [-0.4, -0.2) is 25.7 Å². The van der Waals surface area contributed by atoms with Crippen molar-refractivity contribution in [3.8, 4) is 11.5 Å². The summed E-state index contributed by atoms with van der Waals surface area (Å²) in [4.78, 5) is 12.2. The van der Waals surface area contributed by atoms with Crippen LogP contribution in [0, 0.1) is 6.92 Å². The molecule has 0 aromatic heterocycles. The second-order valence-corrected chi connectivity index (χ2v) is 5.44. The number of hydrogen-bond acceptors (Lipinski definition) is 3. The summed E-state index contributed by atoms with van der Waals surface area (Å²) in [5, 5.41) is 2.95. The second kappa shape index (κ2) is 6.10. The first-order valence-electron chi connectivity index (χ1n) is 7.35. The summed E-state index contributed by atoms with van der Waals surface area (Å²) in [7, 11) is 1.65. The SMILES string of the molecule is COc1ccc2c(c1)C[C@@H](CNC(=O)c1ccccc1C)O2. The third kappa shape index (κ3) is 2.91. The third-order valence-electron chi connectivity index (χ3n) is 3.89. The van der Waals surface area contributed by atoms with Gasteiger partial charge in [-0.3, -0.25) is 4.79 Å². The van der Waals surface area contributed by atoms with Crippen LogP contribution in [0.5, 0.6) is 11.5 Å². The number of amides is 1. The predicted molar refractivity (Wildman–Crippen MR) is 84.6 cm³/mol. The molecule has 2 aromatic carbocycles. The Hall–Kier alpha value is -2.49. The predicted octanol–water partition coefficient (Wildman–Crippen LogP) is 2.74. The van der Waals surface area contributed by atoms with Crippen LogP contribution in [0.15, 0.2) is 42.5 Å². The molecule has 2 aromatic rings. The maximum absolute atomic E-state index is 12.2. The minimum absolute atomic E-state index is 0.0323. The van der Waals surface area contributed by atoms with E-state index in [2.05, 4.69) is 5.32 Å². The lowest BCUT2D eigenvalue weighted by atomic mass is 10.1. The lowest BCUT2D eigenvalue weighted by Crippen LogP contribution is -2.34. The molecule has 0 unspecified atom stereocenters. The number of hydrogen-bond donors (Lipinski definition) is 1. The summed E-state index contributed by atoms with van der Waals surface area (Å²) in [5.74, 6) is 1.64. The topological polar surface area (TPSA) is 47.6 Å². The Morgan fingerprint density at radius 1 is 1.32 bits per heavy atom. The summed E-state index contributed by atoms with van der Waals surface area (Å²) in [6.07, 6.45) is 0.746. The number of benzene rings is 2. The van der Waals surface area contributed by atoms with Gasteiger partial charge < -0.3 is 14.8 Å². The first kappa shape index (κ1) is 14.4. The number of rotatable bonds is 4. The van der Waals surface area contributed by atoms with Crippen molar-refractivity contribution in [2.45, 2.75) is 19.4 Å². The molecular formula is C18H19NO3. The highest BCUT2D eigenvalue weighted by Crippen LogP contribution is 2.31. The van der Waals surface area contributed by atoms with Crippen molar-refractivity contribution in [3.63, 3.8) is 0 Å². The quantitative estimate of drug-likeness (QED) is 0.944. The van der Waals surface area contributed by atoms with E-state index in [4.69, 9.17) is 9.47 Å². The zero-order chi connectivity index (χ0) is 15.5. The van der Waals surface area contributed by atoms with Gasteiger partial charge in [0, 0.05) is 17.5 Å². The van der Waals surface area contributed by atoms with Gasteiger partial charge in [-0.2, -0.15) is 0 Å². The standard InChI is InChI=1S/C18H19NO3/c1-12-5-3-4-6-16(12)18(20)19-11-15-10-13-9-14(21-2)7-8-17(13)22-15/h3-9,15H,10-11H2,1-2H3,(H,19,20)/t15-/m0/s1. The lowest BCUT2D eigenvalue weighted by Gasteiger charge is -2.12. The molecule has 1 heterocycles. The molecule has 0 aliphatic carbocycles. The fraction of sp³-hybridized carbons (Fsp3) is 0.278. The smallest absolute Gasteiger partial charge is 0.251 e. The number of aryl methyl sites for hydroxylation is 1. The summed E-state index contributed by atoms with van der Waals surface area (Å²) in [6.45, 7) is 2.42. The maximum atomic E-state index is 12.2. The van der Waals surface area contributed by atoms with Gasteiger partial charge in [-0.1, -0.05) is 18.2 Å². The molecule has 0 radical (unpaired) electrons. The van der Waals surface area contributed by atoms with Gasteiger partial charge in [0.2, 0.25) is 0 Å². The van der Waals surface area contributed by atoms with Crippen LogP contribution in [0.1, 0.15) is 21.5 Å². The number of carbonyl (C=O) groups excluding carboxylic acids is 1. The number of carbonyl (C=O) groups is 1. The van der Waals surface area contributed by atoms with E-state index in [1.165, 1.54) is 0 Å². The van der Waals surface area contributed by atoms with Crippen molar-refractivity contribution in [1.82, 2.24) is 5.32 Å². The summed E-state index contributed by atoms with van der Waals surface area (Å²) in [6, 6.07) is 13.3. The van der Waals surface area contributed by atoms with E-state index in [0.29, 0.717) is 12.1 Å². The molecule has 0 saturated heterocycles. The van der Waals surface area contributed by atoms with Gasteiger partial charge >= 0.3 is 0 Å². The van der Waals surface area contributed by atoms with Crippen LogP contribution >= 0.6 is 0 Å². The molecule has 0 spiro atoms. The van der Waals surface area contributed by atoms with Crippen LogP contribution in [0.25, 0.3) is 0 Å². The minimum atomic E-state index is -0.0600. The molecule has 4 heteroatoms. The Kier molecular flexibility index (Phi) is 4.00. The van der Waals surface area contributed by atoms with Crippen LogP contribution < -0.4 is 14.8 Å². The first-order valence-corrected chi connectivity index (χ1v) is 7.35. The van der Waals surface area contributed by atoms with Crippen LogP contribution in [0.3, 0.4) is 0 Å². The molecule has 0 fully saturated rings. The van der Waals surface area contributed by atoms with E-state index < -0.39 is 0 Å². The number of methoxy groups -OCH3 is 1. The summed E-state index contributed by atoms with van der Waals surface area (Å²) >= 11 is 0. The van der Waals surface area contributed by atoms with Crippen molar-refractivity contribution in [2.75, 3.05) is 13.7 Å². The Bertz CT molecular complexity index is 696. The highest BCUT2D eigenvalue weighted by atomic mass is 16.5. The van der Waals surface area contributed by atoms with Gasteiger partial charge in [0.25, 0.3) is 5.91 Å². The fourth-order valence-corrected chi connectivity index (χ4v) is 2.67. The van der Waals surface area contributed by atoms with E-state index in [-0.39, 0.29) is 12.0 Å². The van der Waals surface area contributed by atoms with Crippen molar-refractivity contribution in [3.05, 3.63) is 59.2 Å². The van der Waals surface area contributed by atoms with Gasteiger partial charge in [-0.25, -0.2) is 0 Å². The summed E-state index contributed by atoms with van der Waals surface area (Å²) in [5.41, 5.74) is 2.80. The minimum Gasteiger partial charge on any atom is -0.497 e. The Labute approximate surface area is 130 Å². The average molecular weight is 297 g/mol. The molecule has 3 rings (SSSR count). The zero-order valence-corrected chi connectivity index (χ0v) is 12.8. The Morgan fingerprint density at radius 2 is 2.14 bits per heavy atom. The number of ether oxygens (including phenoxy) is 2. The second-order valence-electron chi connectivity index (χ2n) is 5.44. The summed E-state index contributed by atoms with van der Waals surface area (Å²) < 4.78 is 11.1. The van der Waals surface area contributed by atoms with E-state index in [1.807, 2.05) is 49.4 Å².